The molecular formula is C46H50O10. The van der Waals surface area contributed by atoms with Gasteiger partial charge in [0.25, 0.3) is 0 Å². The van der Waals surface area contributed by atoms with Crippen LogP contribution >= 0.6 is 0 Å². The van der Waals surface area contributed by atoms with Gasteiger partial charge in [0.05, 0.1) is 25.0 Å². The lowest BCUT2D eigenvalue weighted by Crippen LogP contribution is -2.43. The summed E-state index contributed by atoms with van der Waals surface area (Å²) in [5.41, 5.74) is 1.68. The third-order valence-electron chi connectivity index (χ3n) is 9.84. The largest absolute Gasteiger partial charge is 0.478 e. The van der Waals surface area contributed by atoms with Crippen molar-refractivity contribution in [2.45, 2.75) is 89.6 Å². The molecule has 0 spiro atoms. The first-order chi connectivity index (χ1) is 27.0. The van der Waals surface area contributed by atoms with Crippen LogP contribution < -0.4 is 0 Å². The lowest BCUT2D eigenvalue weighted by atomic mass is 9.93. The molecule has 0 saturated heterocycles. The number of unbranched alkanes of at least 4 members (excludes halogenated alkanes) is 3. The van der Waals surface area contributed by atoms with E-state index < -0.39 is 41.3 Å². The summed E-state index contributed by atoms with van der Waals surface area (Å²) in [6.07, 6.45) is 2.33. The molecule has 0 aliphatic carbocycles. The monoisotopic (exact) mass is 762 g/mol. The van der Waals surface area contributed by atoms with E-state index in [1.807, 2.05) is 12.1 Å². The molecule has 10 nitrogen and oxygen atoms in total. The zero-order chi connectivity index (χ0) is 40.5. The molecule has 3 unspecified atom stereocenters. The molecule has 56 heavy (non-hydrogen) atoms. The molecular weight excluding hydrogens is 712 g/mol. The maximum Gasteiger partial charge on any atom is 0.348 e. The normalized spacial score (nSPS) is 13.1. The Balaban J connectivity index is 1.14. The van der Waals surface area contributed by atoms with Crippen LogP contribution in [0.2, 0.25) is 0 Å². The van der Waals surface area contributed by atoms with E-state index in [1.165, 1.54) is 0 Å². The van der Waals surface area contributed by atoms with Crippen molar-refractivity contribution in [3.05, 3.63) is 143 Å². The van der Waals surface area contributed by atoms with Crippen molar-refractivity contribution in [3.63, 3.8) is 0 Å². The Labute approximate surface area is 328 Å². The number of carboxylic acids is 1. The van der Waals surface area contributed by atoms with Gasteiger partial charge in [0, 0.05) is 28.7 Å². The van der Waals surface area contributed by atoms with Gasteiger partial charge in [-0.15, -0.1) is 0 Å². The topological polar surface area (TPSA) is 150 Å². The molecule has 0 bridgehead atoms. The highest BCUT2D eigenvalue weighted by Crippen LogP contribution is 2.26. The van der Waals surface area contributed by atoms with Crippen molar-refractivity contribution in [1.82, 2.24) is 0 Å². The molecule has 4 rings (SSSR count). The van der Waals surface area contributed by atoms with Crippen molar-refractivity contribution in [2.24, 2.45) is 0 Å². The first-order valence-electron chi connectivity index (χ1n) is 19.1. The van der Waals surface area contributed by atoms with Gasteiger partial charge in [0.2, 0.25) is 5.60 Å². The standard InChI is InChI=1S/C46H50O10/c1-4-46(45(52)53,27-13-15-29-55-44(51)33(3)37-23-17-25-39(31-37)42(49)35-20-10-6-11-21-35)56-40(47)26-12-7-14-28-54-43(50)32(2)36-22-16-24-38(30-36)41(48)34-18-8-5-9-19-34/h5-6,8-11,16-25,30-33H,4,7,12-15,26-29H2,1-3H3,(H,52,53). The minimum Gasteiger partial charge on any atom is -0.478 e. The van der Waals surface area contributed by atoms with Crippen LogP contribution in [0.5, 0.6) is 0 Å². The van der Waals surface area contributed by atoms with E-state index in [1.54, 1.807) is 118 Å². The average molecular weight is 763 g/mol. The summed E-state index contributed by atoms with van der Waals surface area (Å²) in [5.74, 6) is -4.23. The van der Waals surface area contributed by atoms with Crippen molar-refractivity contribution >= 4 is 35.4 Å². The molecule has 0 aliphatic rings. The minimum absolute atomic E-state index is 0.00919. The lowest BCUT2D eigenvalue weighted by Gasteiger charge is -2.28. The number of hydrogen-bond donors (Lipinski definition) is 1. The summed E-state index contributed by atoms with van der Waals surface area (Å²) in [6, 6.07) is 31.6. The van der Waals surface area contributed by atoms with Gasteiger partial charge in [-0.05, 0) is 82.1 Å². The number of ketones is 2. The van der Waals surface area contributed by atoms with Crippen LogP contribution in [-0.2, 0) is 33.4 Å². The van der Waals surface area contributed by atoms with Crippen LogP contribution in [0.4, 0.5) is 0 Å². The highest BCUT2D eigenvalue weighted by atomic mass is 16.6. The summed E-state index contributed by atoms with van der Waals surface area (Å²) in [7, 11) is 0. The zero-order valence-corrected chi connectivity index (χ0v) is 32.2. The molecule has 4 aromatic rings. The fourth-order valence-corrected chi connectivity index (χ4v) is 6.21. The van der Waals surface area contributed by atoms with Crippen molar-refractivity contribution in [3.8, 4) is 0 Å². The van der Waals surface area contributed by atoms with E-state index >= 15 is 0 Å². The van der Waals surface area contributed by atoms with Crippen LogP contribution in [0.3, 0.4) is 0 Å². The van der Waals surface area contributed by atoms with Gasteiger partial charge in [0.1, 0.15) is 0 Å². The molecule has 0 aliphatic heterocycles. The lowest BCUT2D eigenvalue weighted by molar-refractivity contribution is -0.180. The van der Waals surface area contributed by atoms with Gasteiger partial charge >= 0.3 is 23.9 Å². The van der Waals surface area contributed by atoms with Gasteiger partial charge < -0.3 is 19.3 Å². The van der Waals surface area contributed by atoms with Crippen LogP contribution in [0, 0.1) is 0 Å². The van der Waals surface area contributed by atoms with Gasteiger partial charge in [0.15, 0.2) is 11.6 Å². The highest BCUT2D eigenvalue weighted by Gasteiger charge is 2.40. The van der Waals surface area contributed by atoms with Crippen molar-refractivity contribution in [1.29, 1.82) is 0 Å². The quantitative estimate of drug-likeness (QED) is 0.0357. The van der Waals surface area contributed by atoms with Crippen LogP contribution in [0.25, 0.3) is 0 Å². The smallest absolute Gasteiger partial charge is 0.348 e. The van der Waals surface area contributed by atoms with Crippen molar-refractivity contribution < 1.29 is 48.1 Å². The number of esters is 3. The molecule has 0 aromatic heterocycles. The first kappa shape index (κ1) is 42.8. The van der Waals surface area contributed by atoms with Gasteiger partial charge in [-0.3, -0.25) is 24.0 Å². The summed E-state index contributed by atoms with van der Waals surface area (Å²) in [6.45, 7) is 5.28. The minimum atomic E-state index is -1.70. The number of ether oxygens (including phenoxy) is 3. The van der Waals surface area contributed by atoms with Crippen LogP contribution in [-0.4, -0.2) is 59.4 Å². The molecule has 1 N–H and O–H groups in total. The maximum atomic E-state index is 12.9. The number of carboxylic acid groups (broad SMARTS) is 1. The van der Waals surface area contributed by atoms with Gasteiger partial charge in [-0.2, -0.15) is 0 Å². The van der Waals surface area contributed by atoms with Gasteiger partial charge in [-0.25, -0.2) is 4.79 Å². The Kier molecular flexibility index (Phi) is 16.3. The van der Waals surface area contributed by atoms with Crippen molar-refractivity contribution in [2.75, 3.05) is 13.2 Å². The first-order valence-corrected chi connectivity index (χ1v) is 19.1. The molecule has 0 saturated carbocycles. The summed E-state index contributed by atoms with van der Waals surface area (Å²) < 4.78 is 16.5. The second-order valence-corrected chi connectivity index (χ2v) is 13.8. The van der Waals surface area contributed by atoms with Gasteiger partial charge in [-0.1, -0.05) is 104 Å². The van der Waals surface area contributed by atoms with E-state index in [4.69, 9.17) is 14.2 Å². The fraction of sp³-hybridized carbons (Fsp3) is 0.348. The molecule has 4 aromatic carbocycles. The van der Waals surface area contributed by atoms with E-state index in [0.717, 1.165) is 0 Å². The number of carbonyl (C=O) groups excluding carboxylic acids is 5. The molecule has 294 valence electrons. The Hall–Kier alpha value is -5.90. The molecule has 0 amide bonds. The summed E-state index contributed by atoms with van der Waals surface area (Å²) in [5, 5.41) is 10.0. The van der Waals surface area contributed by atoms with E-state index in [2.05, 4.69) is 0 Å². The number of aliphatic carboxylic acids is 1. The highest BCUT2D eigenvalue weighted by molar-refractivity contribution is 6.09. The third kappa shape index (κ3) is 12.1. The predicted octanol–water partition coefficient (Wildman–Crippen LogP) is 8.65. The Bertz CT molecular complexity index is 1950. The SMILES string of the molecule is CCC(CCCCOC(=O)C(C)c1cccc(C(=O)c2ccccc2)c1)(OC(=O)CCCCCOC(=O)C(C)c1cccc(C(=O)c2ccccc2)c1)C(=O)O. The van der Waals surface area contributed by atoms with E-state index in [9.17, 15) is 33.9 Å². The third-order valence-corrected chi connectivity index (χ3v) is 9.84. The van der Waals surface area contributed by atoms with Crippen LogP contribution in [0.1, 0.15) is 127 Å². The predicted molar refractivity (Wildman–Crippen MR) is 210 cm³/mol. The molecule has 3 atom stereocenters. The summed E-state index contributed by atoms with van der Waals surface area (Å²) >= 11 is 0. The Morgan fingerprint density at radius 2 is 1.02 bits per heavy atom. The number of rotatable bonds is 22. The fourth-order valence-electron chi connectivity index (χ4n) is 6.21. The maximum absolute atomic E-state index is 12.9. The zero-order valence-electron chi connectivity index (χ0n) is 32.2. The number of benzene rings is 4. The van der Waals surface area contributed by atoms with E-state index in [0.29, 0.717) is 65.5 Å². The molecule has 0 fully saturated rings. The molecule has 0 heterocycles. The number of hydrogen-bond acceptors (Lipinski definition) is 9. The van der Waals surface area contributed by atoms with Crippen LogP contribution in [0.15, 0.2) is 109 Å². The second-order valence-electron chi connectivity index (χ2n) is 13.8. The Morgan fingerprint density at radius 3 is 1.46 bits per heavy atom. The molecule has 10 heteroatoms. The molecule has 0 radical (unpaired) electrons. The van der Waals surface area contributed by atoms with E-state index in [-0.39, 0.29) is 44.0 Å². The Morgan fingerprint density at radius 1 is 0.571 bits per heavy atom. The average Bonchev–Trinajstić information content (AvgIpc) is 3.23. The number of carbonyl (C=O) groups is 6. The second kappa shape index (κ2) is 21.3. The summed E-state index contributed by atoms with van der Waals surface area (Å²) in [4.78, 5) is 76.3.